The molecule has 0 fully saturated rings. The lowest BCUT2D eigenvalue weighted by Gasteiger charge is -2.02. The third-order valence-corrected chi connectivity index (χ3v) is 2.00. The maximum absolute atomic E-state index is 13.3. The zero-order valence-electron chi connectivity index (χ0n) is 7.26. The molecular formula is C10H3F3N2. The summed E-state index contributed by atoms with van der Waals surface area (Å²) >= 11 is 0. The van der Waals surface area contributed by atoms with Gasteiger partial charge in [0.05, 0.1) is 5.39 Å². The van der Waals surface area contributed by atoms with Crippen molar-refractivity contribution in [2.24, 2.45) is 0 Å². The van der Waals surface area contributed by atoms with Crippen LogP contribution in [-0.4, -0.2) is 4.98 Å². The lowest BCUT2D eigenvalue weighted by atomic mass is 10.1. The summed E-state index contributed by atoms with van der Waals surface area (Å²) in [6.45, 7) is 0. The molecule has 0 saturated heterocycles. The van der Waals surface area contributed by atoms with Crippen molar-refractivity contribution in [1.29, 1.82) is 5.26 Å². The minimum absolute atomic E-state index is 0.152. The second-order valence-electron chi connectivity index (χ2n) is 2.85. The third-order valence-electron chi connectivity index (χ3n) is 2.00. The van der Waals surface area contributed by atoms with Gasteiger partial charge in [-0.2, -0.15) is 5.26 Å². The van der Waals surface area contributed by atoms with Crippen LogP contribution in [0.2, 0.25) is 0 Å². The lowest BCUT2D eigenvalue weighted by Crippen LogP contribution is -1.95. The predicted octanol–water partition coefficient (Wildman–Crippen LogP) is 2.52. The van der Waals surface area contributed by atoms with E-state index in [1.54, 1.807) is 6.07 Å². The van der Waals surface area contributed by atoms with E-state index in [-0.39, 0.29) is 11.1 Å². The highest BCUT2D eigenvalue weighted by atomic mass is 19.2. The fourth-order valence-electron chi connectivity index (χ4n) is 1.34. The summed E-state index contributed by atoms with van der Waals surface area (Å²) in [5.41, 5.74) is -0.330. The number of halogens is 3. The molecule has 0 aliphatic heterocycles. The number of hydrogen-bond donors (Lipinski definition) is 0. The van der Waals surface area contributed by atoms with Gasteiger partial charge < -0.3 is 0 Å². The summed E-state index contributed by atoms with van der Waals surface area (Å²) in [4.78, 5) is 3.53. The van der Waals surface area contributed by atoms with Crippen LogP contribution in [0.4, 0.5) is 13.2 Å². The number of nitriles is 1. The number of pyridine rings is 1. The largest absolute Gasteiger partial charge is 0.245 e. The molecule has 2 nitrogen and oxygen atoms in total. The monoisotopic (exact) mass is 208 g/mol. The summed E-state index contributed by atoms with van der Waals surface area (Å²) < 4.78 is 39.4. The summed E-state index contributed by atoms with van der Waals surface area (Å²) in [7, 11) is 0. The van der Waals surface area contributed by atoms with Gasteiger partial charge in [0.25, 0.3) is 0 Å². The molecule has 0 N–H and O–H groups in total. The van der Waals surface area contributed by atoms with Gasteiger partial charge in [0.1, 0.15) is 11.9 Å². The Morgan fingerprint density at radius 2 is 1.93 bits per heavy atom. The van der Waals surface area contributed by atoms with Crippen molar-refractivity contribution < 1.29 is 13.2 Å². The molecule has 0 saturated carbocycles. The van der Waals surface area contributed by atoms with Crippen LogP contribution >= 0.6 is 0 Å². The first-order valence-electron chi connectivity index (χ1n) is 3.97. The summed E-state index contributed by atoms with van der Waals surface area (Å²) in [6.07, 6.45) is 1.17. The van der Waals surface area contributed by atoms with Gasteiger partial charge in [0.15, 0.2) is 17.3 Å². The topological polar surface area (TPSA) is 36.7 Å². The Morgan fingerprint density at radius 3 is 2.60 bits per heavy atom. The second-order valence-corrected chi connectivity index (χ2v) is 2.85. The highest BCUT2D eigenvalue weighted by Crippen LogP contribution is 2.24. The van der Waals surface area contributed by atoms with Gasteiger partial charge in [-0.15, -0.1) is 0 Å². The van der Waals surface area contributed by atoms with Gasteiger partial charge >= 0.3 is 0 Å². The number of fused-ring (bicyclic) bond motifs is 1. The van der Waals surface area contributed by atoms with Gasteiger partial charge in [-0.05, 0) is 6.07 Å². The molecule has 2 rings (SSSR count). The van der Waals surface area contributed by atoms with Crippen molar-refractivity contribution >= 4 is 10.8 Å². The number of aromatic nitrogens is 1. The molecule has 0 unspecified atom stereocenters. The van der Waals surface area contributed by atoms with Crippen molar-refractivity contribution in [2.75, 3.05) is 0 Å². The van der Waals surface area contributed by atoms with E-state index < -0.39 is 22.8 Å². The second kappa shape index (κ2) is 3.24. The van der Waals surface area contributed by atoms with Gasteiger partial charge in [0, 0.05) is 17.6 Å². The smallest absolute Gasteiger partial charge is 0.169 e. The number of benzene rings is 1. The van der Waals surface area contributed by atoms with E-state index >= 15 is 0 Å². The van der Waals surface area contributed by atoms with Crippen LogP contribution in [-0.2, 0) is 0 Å². The van der Waals surface area contributed by atoms with Crippen LogP contribution in [0, 0.1) is 28.8 Å². The standard InChI is InChI=1S/C10H3F3N2/c11-6-3-7(12)10(13)9-5(6)1-2-15-8(9)4-14/h1-3H. The maximum atomic E-state index is 13.3. The highest BCUT2D eigenvalue weighted by molar-refractivity contribution is 5.87. The Balaban J connectivity index is 3.05. The van der Waals surface area contributed by atoms with Crippen LogP contribution in [0.15, 0.2) is 18.3 Å². The van der Waals surface area contributed by atoms with E-state index in [0.717, 1.165) is 0 Å². The van der Waals surface area contributed by atoms with Crippen molar-refractivity contribution in [3.05, 3.63) is 41.5 Å². The molecule has 0 amide bonds. The molecule has 1 heterocycles. The average molecular weight is 208 g/mol. The lowest BCUT2D eigenvalue weighted by molar-refractivity contribution is 0.505. The SMILES string of the molecule is N#Cc1nccc2c(F)cc(F)c(F)c12. The van der Waals surface area contributed by atoms with E-state index in [4.69, 9.17) is 5.26 Å². The number of hydrogen-bond acceptors (Lipinski definition) is 2. The molecule has 0 bridgehead atoms. The Morgan fingerprint density at radius 1 is 1.20 bits per heavy atom. The first-order valence-corrected chi connectivity index (χ1v) is 3.97. The molecule has 1 aromatic heterocycles. The molecule has 0 spiro atoms. The van der Waals surface area contributed by atoms with Gasteiger partial charge in [-0.25, -0.2) is 18.2 Å². The van der Waals surface area contributed by atoms with Crippen molar-refractivity contribution in [1.82, 2.24) is 4.98 Å². The molecule has 5 heteroatoms. The minimum atomic E-state index is -1.33. The van der Waals surface area contributed by atoms with Gasteiger partial charge in [-0.3, -0.25) is 0 Å². The summed E-state index contributed by atoms with van der Waals surface area (Å²) in [5.74, 6) is -3.50. The van der Waals surface area contributed by atoms with Crippen LogP contribution < -0.4 is 0 Å². The normalized spacial score (nSPS) is 10.3. The molecule has 0 aliphatic rings. The number of nitrogens with zero attached hydrogens (tertiary/aromatic N) is 2. The summed E-state index contributed by atoms with van der Waals surface area (Å²) in [6, 6.07) is 3.21. The van der Waals surface area contributed by atoms with Crippen molar-refractivity contribution in [3.8, 4) is 6.07 Å². The molecule has 2 aromatic rings. The molecule has 0 aliphatic carbocycles. The Bertz CT molecular complexity index is 587. The van der Waals surface area contributed by atoms with Gasteiger partial charge in [-0.1, -0.05) is 0 Å². The highest BCUT2D eigenvalue weighted by Gasteiger charge is 2.15. The zero-order valence-corrected chi connectivity index (χ0v) is 7.26. The Labute approximate surface area is 82.6 Å². The first-order chi connectivity index (χ1) is 7.15. The van der Waals surface area contributed by atoms with Crippen molar-refractivity contribution in [3.63, 3.8) is 0 Å². The first kappa shape index (κ1) is 9.46. The van der Waals surface area contributed by atoms with Crippen molar-refractivity contribution in [2.45, 2.75) is 0 Å². The molecular weight excluding hydrogens is 205 g/mol. The van der Waals surface area contributed by atoms with E-state index in [1.807, 2.05) is 0 Å². The van der Waals surface area contributed by atoms with E-state index in [2.05, 4.69) is 4.98 Å². The van der Waals surface area contributed by atoms with Crippen LogP contribution in [0.3, 0.4) is 0 Å². The zero-order chi connectivity index (χ0) is 11.0. The van der Waals surface area contributed by atoms with Crippen LogP contribution in [0.1, 0.15) is 5.69 Å². The Kier molecular flexibility index (Phi) is 2.05. The van der Waals surface area contributed by atoms with E-state index in [0.29, 0.717) is 6.07 Å². The van der Waals surface area contributed by atoms with Gasteiger partial charge in [0.2, 0.25) is 0 Å². The molecule has 74 valence electrons. The van der Waals surface area contributed by atoms with E-state index in [9.17, 15) is 13.2 Å². The number of rotatable bonds is 0. The summed E-state index contributed by atoms with van der Waals surface area (Å²) in [5, 5.41) is 8.05. The average Bonchev–Trinajstić information content (AvgIpc) is 2.25. The molecule has 0 radical (unpaired) electrons. The molecule has 1 aromatic carbocycles. The van der Waals surface area contributed by atoms with Crippen LogP contribution in [0.25, 0.3) is 10.8 Å². The van der Waals surface area contributed by atoms with Crippen LogP contribution in [0.5, 0.6) is 0 Å². The molecule has 15 heavy (non-hydrogen) atoms. The predicted molar refractivity (Wildman–Crippen MR) is 46.3 cm³/mol. The Hall–Kier alpha value is -2.09. The quantitative estimate of drug-likeness (QED) is 0.623. The fourth-order valence-corrected chi connectivity index (χ4v) is 1.34. The minimum Gasteiger partial charge on any atom is -0.245 e. The molecule has 0 atom stereocenters. The maximum Gasteiger partial charge on any atom is 0.169 e. The third kappa shape index (κ3) is 1.31. The van der Waals surface area contributed by atoms with E-state index in [1.165, 1.54) is 12.3 Å². The fraction of sp³-hybridized carbons (Fsp3) is 0.